The fourth-order valence-corrected chi connectivity index (χ4v) is 7.72. The Kier molecular flexibility index (Phi) is 6.56. The third kappa shape index (κ3) is 4.68. The maximum absolute atomic E-state index is 13.5. The van der Waals surface area contributed by atoms with Crippen molar-refractivity contribution in [3.63, 3.8) is 0 Å². The first-order chi connectivity index (χ1) is 17.5. The Labute approximate surface area is 229 Å². The van der Waals surface area contributed by atoms with Crippen LogP contribution in [0.3, 0.4) is 0 Å². The number of aryl methyl sites for hydroxylation is 1. The van der Waals surface area contributed by atoms with E-state index in [0.717, 1.165) is 41.5 Å². The van der Waals surface area contributed by atoms with Crippen LogP contribution in [-0.4, -0.2) is 53.5 Å². The van der Waals surface area contributed by atoms with Gasteiger partial charge in [0.05, 0.1) is 28.3 Å². The summed E-state index contributed by atoms with van der Waals surface area (Å²) in [6, 6.07) is 4.07. The number of hydrogen-bond donors (Lipinski definition) is 0. The first-order valence-electron chi connectivity index (χ1n) is 14.1. The van der Waals surface area contributed by atoms with Crippen LogP contribution in [0.1, 0.15) is 75.9 Å². The van der Waals surface area contributed by atoms with E-state index in [-0.39, 0.29) is 24.8 Å². The number of hydrogen-bond acceptors (Lipinski definition) is 6. The molecule has 0 amide bonds. The highest BCUT2D eigenvalue weighted by Gasteiger charge is 2.67. The maximum Gasteiger partial charge on any atom is 0.457 e. The smallest absolute Gasteiger partial charge is 0.456 e. The van der Waals surface area contributed by atoms with Gasteiger partial charge in [-0.1, -0.05) is 44.8 Å². The van der Waals surface area contributed by atoms with E-state index in [1.54, 1.807) is 4.68 Å². The van der Waals surface area contributed by atoms with Crippen molar-refractivity contribution >= 4 is 26.5 Å². The van der Waals surface area contributed by atoms with Gasteiger partial charge in [-0.2, -0.15) is 0 Å². The SMILES string of the molecule is Cc1c(CCB2OC3CC4CC(C4(C)C)[C@]3(C)O2)ccc(-n2cc([Si](C)(C)C)nn2)c1C(=O)OC(C)(C)C. The van der Waals surface area contributed by atoms with Crippen LogP contribution < -0.4 is 5.32 Å². The molecule has 2 heterocycles. The summed E-state index contributed by atoms with van der Waals surface area (Å²) in [6.45, 7) is 21.4. The Morgan fingerprint density at radius 1 is 1.21 bits per heavy atom. The van der Waals surface area contributed by atoms with Crippen molar-refractivity contribution < 1.29 is 18.8 Å². The monoisotopic (exact) mass is 537 g/mol. The average Bonchev–Trinajstić information content (AvgIpc) is 3.40. The van der Waals surface area contributed by atoms with E-state index < -0.39 is 13.7 Å². The number of nitrogens with zero attached hydrogens (tertiary/aromatic N) is 3. The number of rotatable bonds is 6. The molecule has 2 bridgehead atoms. The van der Waals surface area contributed by atoms with Gasteiger partial charge in [0.25, 0.3) is 0 Å². The molecule has 1 aromatic heterocycles. The molecule has 0 N–H and O–H groups in total. The van der Waals surface area contributed by atoms with Crippen molar-refractivity contribution in [1.82, 2.24) is 15.0 Å². The molecule has 9 heteroatoms. The first kappa shape index (κ1) is 27.6. The van der Waals surface area contributed by atoms with Crippen molar-refractivity contribution in [2.45, 2.75) is 111 Å². The van der Waals surface area contributed by atoms with Crippen molar-refractivity contribution in [2.75, 3.05) is 0 Å². The third-order valence-corrected chi connectivity index (χ3v) is 11.1. The van der Waals surface area contributed by atoms with E-state index in [1.807, 2.05) is 40.0 Å². The molecule has 3 aliphatic carbocycles. The maximum atomic E-state index is 13.5. The minimum atomic E-state index is -1.65. The van der Waals surface area contributed by atoms with Crippen LogP contribution in [0.15, 0.2) is 18.3 Å². The van der Waals surface area contributed by atoms with E-state index in [4.69, 9.17) is 14.0 Å². The van der Waals surface area contributed by atoms with Crippen LogP contribution in [0.2, 0.25) is 26.0 Å². The summed E-state index contributed by atoms with van der Waals surface area (Å²) < 4.78 is 20.7. The van der Waals surface area contributed by atoms with Crippen LogP contribution in [0.25, 0.3) is 5.69 Å². The van der Waals surface area contributed by atoms with Gasteiger partial charge in [0.2, 0.25) is 0 Å². The van der Waals surface area contributed by atoms with Gasteiger partial charge >= 0.3 is 13.1 Å². The molecule has 4 aliphatic rings. The second-order valence-electron chi connectivity index (χ2n) is 14.5. The molecule has 38 heavy (non-hydrogen) atoms. The summed E-state index contributed by atoms with van der Waals surface area (Å²) in [5.74, 6) is 0.940. The van der Waals surface area contributed by atoms with Crippen molar-refractivity contribution in [2.24, 2.45) is 17.3 Å². The summed E-state index contributed by atoms with van der Waals surface area (Å²) >= 11 is 0. The van der Waals surface area contributed by atoms with Gasteiger partial charge < -0.3 is 14.0 Å². The van der Waals surface area contributed by atoms with E-state index in [2.05, 4.69) is 56.8 Å². The molecule has 1 saturated heterocycles. The van der Waals surface area contributed by atoms with Crippen LogP contribution in [0, 0.1) is 24.2 Å². The zero-order valence-corrected chi connectivity index (χ0v) is 25.8. The standard InChI is InChI=1S/C29H44BN3O4Si/c1-18-19(13-14-30-36-23-16-20-15-22(28(20,5)6)29(23,7)37-30)11-12-21(25(18)26(34)35-27(2,3)4)33-17-24(31-32-33)38(8,9)10/h11-12,17,20,22-23H,13-16H2,1-10H3/t20?,22?,23?,29-/m0/s1. The minimum absolute atomic E-state index is 0.179. The van der Waals surface area contributed by atoms with E-state index in [9.17, 15) is 4.79 Å². The van der Waals surface area contributed by atoms with Crippen LogP contribution in [-0.2, 0) is 20.5 Å². The molecule has 3 unspecified atom stereocenters. The number of aromatic nitrogens is 3. The molecule has 0 spiro atoms. The number of benzene rings is 1. The summed E-state index contributed by atoms with van der Waals surface area (Å²) in [5, 5.41) is 9.83. The van der Waals surface area contributed by atoms with E-state index in [0.29, 0.717) is 22.6 Å². The molecule has 6 rings (SSSR count). The molecule has 1 aliphatic heterocycles. The highest BCUT2D eigenvalue weighted by Crippen LogP contribution is 2.65. The quantitative estimate of drug-likeness (QED) is 0.366. The topological polar surface area (TPSA) is 75.5 Å². The molecule has 4 fully saturated rings. The van der Waals surface area contributed by atoms with Crippen LogP contribution in [0.5, 0.6) is 0 Å². The lowest BCUT2D eigenvalue weighted by Crippen LogP contribution is -2.65. The highest BCUT2D eigenvalue weighted by atomic mass is 28.3. The van der Waals surface area contributed by atoms with Gasteiger partial charge in [-0.3, -0.25) is 0 Å². The minimum Gasteiger partial charge on any atom is -0.456 e. The van der Waals surface area contributed by atoms with Gasteiger partial charge in [0.1, 0.15) is 13.7 Å². The van der Waals surface area contributed by atoms with Crippen molar-refractivity contribution in [3.05, 3.63) is 35.0 Å². The van der Waals surface area contributed by atoms with Crippen LogP contribution in [0.4, 0.5) is 0 Å². The molecule has 4 atom stereocenters. The Hall–Kier alpha value is -1.97. The van der Waals surface area contributed by atoms with Crippen molar-refractivity contribution in [1.29, 1.82) is 0 Å². The fraction of sp³-hybridized carbons (Fsp3) is 0.690. The average molecular weight is 538 g/mol. The Balaban J connectivity index is 1.39. The third-order valence-electron chi connectivity index (χ3n) is 9.32. The number of esters is 1. The number of ether oxygens (including phenoxy) is 1. The lowest BCUT2D eigenvalue weighted by molar-refractivity contribution is -0.199. The Morgan fingerprint density at radius 2 is 1.92 bits per heavy atom. The summed E-state index contributed by atoms with van der Waals surface area (Å²) in [6.07, 6.45) is 5.98. The fourth-order valence-electron chi connectivity index (χ4n) is 6.86. The lowest BCUT2D eigenvalue weighted by atomic mass is 9.43. The molecule has 2 aromatic rings. The molecular formula is C29H44BN3O4Si. The first-order valence-corrected chi connectivity index (χ1v) is 17.6. The van der Waals surface area contributed by atoms with Gasteiger partial charge in [-0.05, 0) is 94.6 Å². The summed E-state index contributed by atoms with van der Waals surface area (Å²) in [4.78, 5) is 13.5. The zero-order valence-electron chi connectivity index (χ0n) is 24.8. The molecule has 1 aromatic carbocycles. The Bertz CT molecular complexity index is 1250. The zero-order chi connectivity index (χ0) is 27.8. The van der Waals surface area contributed by atoms with E-state index in [1.165, 1.54) is 6.42 Å². The largest absolute Gasteiger partial charge is 0.457 e. The predicted molar refractivity (Wildman–Crippen MR) is 153 cm³/mol. The van der Waals surface area contributed by atoms with Gasteiger partial charge in [-0.15, -0.1) is 5.10 Å². The second kappa shape index (κ2) is 9.03. The molecule has 0 radical (unpaired) electrons. The second-order valence-corrected chi connectivity index (χ2v) is 19.5. The molecule has 7 nitrogen and oxygen atoms in total. The molecule has 3 saturated carbocycles. The van der Waals surface area contributed by atoms with Gasteiger partial charge in [0.15, 0.2) is 0 Å². The lowest BCUT2D eigenvalue weighted by Gasteiger charge is -2.64. The molecular weight excluding hydrogens is 493 g/mol. The molecule has 206 valence electrons. The summed E-state index contributed by atoms with van der Waals surface area (Å²) in [7, 11) is -1.87. The summed E-state index contributed by atoms with van der Waals surface area (Å²) in [5.41, 5.74) is 2.77. The highest BCUT2D eigenvalue weighted by molar-refractivity contribution is 6.88. The van der Waals surface area contributed by atoms with E-state index >= 15 is 0 Å². The van der Waals surface area contributed by atoms with Gasteiger partial charge in [0, 0.05) is 6.20 Å². The number of carbonyl (C=O) groups excluding carboxylic acids is 1. The Morgan fingerprint density at radius 3 is 2.53 bits per heavy atom. The van der Waals surface area contributed by atoms with Crippen LogP contribution >= 0.6 is 0 Å². The van der Waals surface area contributed by atoms with Crippen molar-refractivity contribution in [3.8, 4) is 5.69 Å². The normalized spacial score (nSPS) is 28.2. The number of carbonyl (C=O) groups is 1. The van der Waals surface area contributed by atoms with Gasteiger partial charge in [-0.25, -0.2) is 9.48 Å². The predicted octanol–water partition coefficient (Wildman–Crippen LogP) is 5.35.